The third-order valence-corrected chi connectivity index (χ3v) is 8.03. The average Bonchev–Trinajstić information content (AvgIpc) is 3.05. The highest BCUT2D eigenvalue weighted by Crippen LogP contribution is 2.60. The van der Waals surface area contributed by atoms with Gasteiger partial charge in [0.05, 0.1) is 0 Å². The van der Waals surface area contributed by atoms with Crippen LogP contribution in [0.3, 0.4) is 0 Å². The normalized spacial score (nSPS) is 19.2. The molecule has 0 aromatic heterocycles. The van der Waals surface area contributed by atoms with E-state index in [0.717, 1.165) is 0 Å². The van der Waals surface area contributed by atoms with Crippen LogP contribution in [0.1, 0.15) is 92.5 Å². The highest BCUT2D eigenvalue weighted by molar-refractivity contribution is 6.05. The maximum atomic E-state index is 2.53. The lowest BCUT2D eigenvalue weighted by molar-refractivity contribution is 0.387. The zero-order valence-electron chi connectivity index (χ0n) is 19.1. The van der Waals surface area contributed by atoms with E-state index >= 15 is 0 Å². The minimum atomic E-state index is 0.254. The number of benzene rings is 3. The summed E-state index contributed by atoms with van der Waals surface area (Å²) in [7, 11) is 0. The Morgan fingerprint density at radius 1 is 0.867 bits per heavy atom. The van der Waals surface area contributed by atoms with Gasteiger partial charge in [0.1, 0.15) is 0 Å². The van der Waals surface area contributed by atoms with Crippen molar-refractivity contribution in [2.75, 3.05) is 0 Å². The van der Waals surface area contributed by atoms with Crippen LogP contribution in [0, 0.1) is 13.8 Å². The summed E-state index contributed by atoms with van der Waals surface area (Å²) in [6.07, 6.45) is 13.5. The van der Waals surface area contributed by atoms with Crippen molar-refractivity contribution in [2.45, 2.75) is 90.4 Å². The maximum absolute atomic E-state index is 2.53. The maximum Gasteiger partial charge on any atom is 0.0218 e. The van der Waals surface area contributed by atoms with E-state index in [1.807, 2.05) is 0 Å². The average molecular weight is 397 g/mol. The van der Waals surface area contributed by atoms with E-state index in [9.17, 15) is 0 Å². The van der Waals surface area contributed by atoms with Crippen LogP contribution in [0.2, 0.25) is 0 Å². The first-order chi connectivity index (χ1) is 14.7. The molecule has 0 radical (unpaired) electrons. The lowest BCUT2D eigenvalue weighted by Gasteiger charge is -2.38. The van der Waals surface area contributed by atoms with E-state index in [4.69, 9.17) is 0 Å². The van der Waals surface area contributed by atoms with Crippen LogP contribution in [0.5, 0.6) is 0 Å². The third-order valence-electron chi connectivity index (χ3n) is 8.03. The summed E-state index contributed by atoms with van der Waals surface area (Å²) in [6.45, 7) is 6.96. The highest BCUT2D eigenvalue weighted by Gasteiger charge is 2.46. The van der Waals surface area contributed by atoms with Gasteiger partial charge in [-0.2, -0.15) is 0 Å². The minimum absolute atomic E-state index is 0.254. The van der Waals surface area contributed by atoms with Crippen molar-refractivity contribution in [3.63, 3.8) is 0 Å². The lowest BCUT2D eigenvalue weighted by Crippen LogP contribution is -2.30. The van der Waals surface area contributed by atoms with E-state index in [1.165, 1.54) is 86.1 Å². The van der Waals surface area contributed by atoms with Gasteiger partial charge in [-0.25, -0.2) is 0 Å². The number of rotatable bonds is 7. The Labute approximate surface area is 182 Å². The highest BCUT2D eigenvalue weighted by atomic mass is 14.5. The molecule has 0 N–H and O–H groups in total. The van der Waals surface area contributed by atoms with Crippen molar-refractivity contribution in [3.8, 4) is 11.1 Å². The van der Waals surface area contributed by atoms with Crippen molar-refractivity contribution in [1.82, 2.24) is 0 Å². The number of hydrogen-bond donors (Lipinski definition) is 0. The van der Waals surface area contributed by atoms with E-state index < -0.39 is 0 Å². The number of hydrogen-bond acceptors (Lipinski definition) is 0. The standard InChI is InChI=1S/C30H36/c1-4-5-6-7-8-11-18-30-19-12-15-24-22(3)23-13-9-10-14-25(23)28(29(24)30)26-17-16-21(2)20-27(26)30/h9-10,13-14,16-17,20H,4-8,11-12,15,18-19H2,1-3H3. The van der Waals surface area contributed by atoms with Gasteiger partial charge < -0.3 is 0 Å². The molecule has 0 amide bonds. The molecule has 2 aliphatic rings. The summed E-state index contributed by atoms with van der Waals surface area (Å²) in [5, 5.41) is 2.95. The molecule has 0 saturated heterocycles. The van der Waals surface area contributed by atoms with Crippen LogP contribution in [0.25, 0.3) is 21.9 Å². The number of unbranched alkanes of at least 4 members (excludes halogenated alkanes) is 5. The predicted octanol–water partition coefficient (Wildman–Crippen LogP) is 8.81. The molecule has 0 aliphatic heterocycles. The van der Waals surface area contributed by atoms with Crippen LogP contribution in [0.15, 0.2) is 42.5 Å². The van der Waals surface area contributed by atoms with E-state index in [-0.39, 0.29) is 5.41 Å². The molecule has 1 unspecified atom stereocenters. The zero-order chi connectivity index (χ0) is 20.7. The van der Waals surface area contributed by atoms with Crippen molar-refractivity contribution in [2.24, 2.45) is 0 Å². The molecule has 2 aliphatic carbocycles. The molecule has 0 bridgehead atoms. The van der Waals surface area contributed by atoms with Gasteiger partial charge in [0.25, 0.3) is 0 Å². The summed E-state index contributed by atoms with van der Waals surface area (Å²) in [5.41, 5.74) is 11.4. The van der Waals surface area contributed by atoms with Gasteiger partial charge in [0, 0.05) is 5.41 Å². The molecule has 1 atom stereocenters. The van der Waals surface area contributed by atoms with Crippen LogP contribution in [-0.2, 0) is 11.8 Å². The monoisotopic (exact) mass is 396 g/mol. The first kappa shape index (κ1) is 19.9. The van der Waals surface area contributed by atoms with E-state index in [2.05, 4.69) is 63.2 Å². The summed E-state index contributed by atoms with van der Waals surface area (Å²) in [4.78, 5) is 0. The van der Waals surface area contributed by atoms with Crippen molar-refractivity contribution in [3.05, 3.63) is 70.3 Å². The summed E-state index contributed by atoms with van der Waals surface area (Å²) >= 11 is 0. The van der Waals surface area contributed by atoms with Crippen LogP contribution in [0.4, 0.5) is 0 Å². The van der Waals surface area contributed by atoms with Crippen LogP contribution >= 0.6 is 0 Å². The Balaban J connectivity index is 1.66. The summed E-state index contributed by atoms with van der Waals surface area (Å²) < 4.78 is 0. The molecule has 3 aromatic carbocycles. The Kier molecular flexibility index (Phi) is 5.21. The number of fused-ring (bicyclic) bond motifs is 5. The van der Waals surface area contributed by atoms with Crippen molar-refractivity contribution >= 4 is 10.8 Å². The second kappa shape index (κ2) is 7.88. The second-order valence-corrected chi connectivity index (χ2v) is 9.90. The molecule has 30 heavy (non-hydrogen) atoms. The smallest absolute Gasteiger partial charge is 0.0218 e. The molecule has 0 saturated carbocycles. The fourth-order valence-electron chi connectivity index (χ4n) is 6.61. The summed E-state index contributed by atoms with van der Waals surface area (Å²) in [5.74, 6) is 0. The first-order valence-corrected chi connectivity index (χ1v) is 12.3. The molecular formula is C30H36. The topological polar surface area (TPSA) is 0 Å². The second-order valence-electron chi connectivity index (χ2n) is 9.90. The van der Waals surface area contributed by atoms with Crippen molar-refractivity contribution < 1.29 is 0 Å². The fourth-order valence-corrected chi connectivity index (χ4v) is 6.61. The number of aryl methyl sites for hydroxylation is 2. The first-order valence-electron chi connectivity index (χ1n) is 12.3. The van der Waals surface area contributed by atoms with Gasteiger partial charge in [-0.1, -0.05) is 93.5 Å². The molecule has 0 heterocycles. The van der Waals surface area contributed by atoms with Gasteiger partial charge >= 0.3 is 0 Å². The molecule has 0 heteroatoms. The van der Waals surface area contributed by atoms with Gasteiger partial charge in [0.2, 0.25) is 0 Å². The molecule has 156 valence electrons. The Morgan fingerprint density at radius 2 is 1.63 bits per heavy atom. The Morgan fingerprint density at radius 3 is 2.47 bits per heavy atom. The molecule has 0 spiro atoms. The van der Waals surface area contributed by atoms with Crippen LogP contribution in [-0.4, -0.2) is 0 Å². The SMILES string of the molecule is CCCCCCCCC12CCCc3c1c(c1ccccc1c3C)-c1ccc(C)cc12. The predicted molar refractivity (Wildman–Crippen MR) is 131 cm³/mol. The van der Waals surface area contributed by atoms with Gasteiger partial charge in [-0.15, -0.1) is 0 Å². The van der Waals surface area contributed by atoms with Gasteiger partial charge in [-0.3, -0.25) is 0 Å². The molecule has 3 aromatic rings. The van der Waals surface area contributed by atoms with Crippen molar-refractivity contribution in [1.29, 1.82) is 0 Å². The van der Waals surface area contributed by atoms with Gasteiger partial charge in [0.15, 0.2) is 0 Å². The molecule has 0 nitrogen and oxygen atoms in total. The zero-order valence-corrected chi connectivity index (χ0v) is 19.1. The summed E-state index contributed by atoms with van der Waals surface area (Å²) in [6, 6.07) is 16.5. The molecule has 5 rings (SSSR count). The fraction of sp³-hybridized carbons (Fsp3) is 0.467. The Hall–Kier alpha value is -2.08. The van der Waals surface area contributed by atoms with Gasteiger partial charge in [-0.05, 0) is 83.7 Å². The lowest BCUT2D eigenvalue weighted by atomic mass is 9.65. The molecular weight excluding hydrogens is 360 g/mol. The van der Waals surface area contributed by atoms with E-state index in [0.29, 0.717) is 0 Å². The third kappa shape index (κ3) is 2.95. The molecule has 0 fully saturated rings. The minimum Gasteiger partial charge on any atom is -0.0654 e. The quantitative estimate of drug-likeness (QED) is 0.350. The van der Waals surface area contributed by atoms with E-state index in [1.54, 1.807) is 27.8 Å². The largest absolute Gasteiger partial charge is 0.0654 e. The van der Waals surface area contributed by atoms with Crippen LogP contribution < -0.4 is 0 Å². The Bertz CT molecular complexity index is 1090.